The van der Waals surface area contributed by atoms with E-state index in [-0.39, 0.29) is 5.91 Å². The normalized spacial score (nSPS) is 16.4. The molecular formula is C17H22N4OS. The van der Waals surface area contributed by atoms with Gasteiger partial charge in [-0.05, 0) is 45.1 Å². The van der Waals surface area contributed by atoms with Crippen molar-refractivity contribution in [3.63, 3.8) is 0 Å². The number of nitrogens with zero attached hydrogens (tertiary/aromatic N) is 4. The van der Waals surface area contributed by atoms with Gasteiger partial charge in [0, 0.05) is 36.4 Å². The first-order valence-electron chi connectivity index (χ1n) is 7.92. The molecule has 6 heteroatoms. The van der Waals surface area contributed by atoms with E-state index in [9.17, 15) is 4.79 Å². The minimum atomic E-state index is 0.158. The zero-order valence-electron chi connectivity index (χ0n) is 13.6. The summed E-state index contributed by atoms with van der Waals surface area (Å²) < 4.78 is 0. The maximum Gasteiger partial charge on any atom is 0.228 e. The van der Waals surface area contributed by atoms with Gasteiger partial charge in [-0.25, -0.2) is 4.98 Å². The monoisotopic (exact) mass is 330 g/mol. The molecule has 0 unspecified atom stereocenters. The molecule has 1 aliphatic rings. The van der Waals surface area contributed by atoms with Gasteiger partial charge >= 0.3 is 0 Å². The van der Waals surface area contributed by atoms with Crippen LogP contribution in [0.5, 0.6) is 0 Å². The average Bonchev–Trinajstić information content (AvgIpc) is 3.04. The fourth-order valence-electron chi connectivity index (χ4n) is 2.88. The molecule has 1 amide bonds. The first-order valence-corrected chi connectivity index (χ1v) is 8.80. The van der Waals surface area contributed by atoms with E-state index in [0.717, 1.165) is 42.2 Å². The summed E-state index contributed by atoms with van der Waals surface area (Å²) in [5.41, 5.74) is 1.90. The number of aromatic nitrogens is 2. The third kappa shape index (κ3) is 3.95. The van der Waals surface area contributed by atoms with Crippen LogP contribution in [0.25, 0.3) is 10.6 Å². The number of piperidine rings is 1. The van der Waals surface area contributed by atoms with Gasteiger partial charge in [0.05, 0.1) is 12.1 Å². The Kier molecular flexibility index (Phi) is 5.03. The largest absolute Gasteiger partial charge is 0.342 e. The molecule has 0 bridgehead atoms. The quantitative estimate of drug-likeness (QED) is 0.863. The highest BCUT2D eigenvalue weighted by atomic mass is 32.1. The molecule has 1 saturated heterocycles. The third-order valence-corrected chi connectivity index (χ3v) is 5.38. The van der Waals surface area contributed by atoms with Crippen molar-refractivity contribution in [2.75, 3.05) is 27.2 Å². The summed E-state index contributed by atoms with van der Waals surface area (Å²) >= 11 is 1.58. The molecule has 5 nitrogen and oxygen atoms in total. The molecule has 2 aromatic rings. The topological polar surface area (TPSA) is 49.3 Å². The molecule has 122 valence electrons. The number of hydrogen-bond donors (Lipinski definition) is 0. The Morgan fingerprint density at radius 3 is 2.74 bits per heavy atom. The van der Waals surface area contributed by atoms with Crippen LogP contribution in [0.4, 0.5) is 0 Å². The summed E-state index contributed by atoms with van der Waals surface area (Å²) in [6, 6.07) is 4.24. The van der Waals surface area contributed by atoms with Crippen molar-refractivity contribution in [1.82, 2.24) is 19.8 Å². The Morgan fingerprint density at radius 1 is 1.35 bits per heavy atom. The van der Waals surface area contributed by atoms with Gasteiger partial charge in [-0.2, -0.15) is 0 Å². The van der Waals surface area contributed by atoms with Crippen LogP contribution in [0.1, 0.15) is 18.5 Å². The molecular weight excluding hydrogens is 308 g/mol. The number of likely N-dealkylation sites (N-methyl/N-ethyl adjacent to an activating group) is 1. The van der Waals surface area contributed by atoms with Gasteiger partial charge in [0.25, 0.3) is 0 Å². The molecule has 2 aromatic heterocycles. The lowest BCUT2D eigenvalue weighted by molar-refractivity contribution is -0.132. The first-order chi connectivity index (χ1) is 11.1. The number of rotatable bonds is 4. The van der Waals surface area contributed by atoms with Crippen molar-refractivity contribution in [2.24, 2.45) is 0 Å². The zero-order chi connectivity index (χ0) is 16.2. The Bertz CT molecular complexity index is 650. The zero-order valence-corrected chi connectivity index (χ0v) is 14.4. The molecule has 0 spiro atoms. The van der Waals surface area contributed by atoms with Crippen LogP contribution < -0.4 is 0 Å². The van der Waals surface area contributed by atoms with Crippen molar-refractivity contribution >= 4 is 17.2 Å². The standard InChI is InChI=1S/C17H22N4OS/c1-20-9-5-15(6-10-20)21(2)16(22)11-14-12-23-17(19-14)13-3-7-18-8-4-13/h3-4,7-8,12,15H,5-6,9-11H2,1-2H3. The second-order valence-electron chi connectivity index (χ2n) is 6.10. The maximum atomic E-state index is 12.5. The lowest BCUT2D eigenvalue weighted by Gasteiger charge is -2.35. The van der Waals surface area contributed by atoms with Crippen LogP contribution in [0.15, 0.2) is 29.9 Å². The predicted molar refractivity (Wildman–Crippen MR) is 92.3 cm³/mol. The molecule has 3 rings (SSSR count). The molecule has 0 N–H and O–H groups in total. The molecule has 3 heterocycles. The van der Waals surface area contributed by atoms with E-state index in [2.05, 4.69) is 21.9 Å². The van der Waals surface area contributed by atoms with Crippen molar-refractivity contribution in [3.8, 4) is 10.6 Å². The van der Waals surface area contributed by atoms with Gasteiger partial charge in [0.15, 0.2) is 0 Å². The summed E-state index contributed by atoms with van der Waals surface area (Å²) in [5, 5.41) is 2.92. The van der Waals surface area contributed by atoms with Crippen LogP contribution in [0.3, 0.4) is 0 Å². The molecule has 0 aliphatic carbocycles. The van der Waals surface area contributed by atoms with Gasteiger partial charge in [-0.3, -0.25) is 9.78 Å². The van der Waals surface area contributed by atoms with Crippen LogP contribution in [-0.2, 0) is 11.2 Å². The summed E-state index contributed by atoms with van der Waals surface area (Å²) in [6.07, 6.45) is 6.01. The molecule has 0 atom stereocenters. The third-order valence-electron chi connectivity index (χ3n) is 4.44. The Balaban J connectivity index is 1.61. The lowest BCUT2D eigenvalue weighted by Crippen LogP contribution is -2.45. The number of amides is 1. The minimum Gasteiger partial charge on any atom is -0.342 e. The first kappa shape index (κ1) is 16.1. The minimum absolute atomic E-state index is 0.158. The molecule has 0 aromatic carbocycles. The number of likely N-dealkylation sites (tertiary alicyclic amines) is 1. The Morgan fingerprint density at radius 2 is 2.04 bits per heavy atom. The summed E-state index contributed by atoms with van der Waals surface area (Å²) in [7, 11) is 4.06. The summed E-state index contributed by atoms with van der Waals surface area (Å²) in [5.74, 6) is 0.158. The van der Waals surface area contributed by atoms with Crippen molar-refractivity contribution < 1.29 is 4.79 Å². The van der Waals surface area contributed by atoms with Gasteiger partial charge in [0.2, 0.25) is 5.91 Å². The van der Waals surface area contributed by atoms with E-state index >= 15 is 0 Å². The average molecular weight is 330 g/mol. The molecule has 0 radical (unpaired) electrons. The van der Waals surface area contributed by atoms with Crippen LogP contribution >= 0.6 is 11.3 Å². The van der Waals surface area contributed by atoms with E-state index in [0.29, 0.717) is 12.5 Å². The lowest BCUT2D eigenvalue weighted by atomic mass is 10.0. The number of carbonyl (C=O) groups is 1. The van der Waals surface area contributed by atoms with Gasteiger partial charge < -0.3 is 9.80 Å². The fraction of sp³-hybridized carbons (Fsp3) is 0.471. The highest BCUT2D eigenvalue weighted by molar-refractivity contribution is 7.13. The molecule has 23 heavy (non-hydrogen) atoms. The van der Waals surface area contributed by atoms with Gasteiger partial charge in [0.1, 0.15) is 5.01 Å². The summed E-state index contributed by atoms with van der Waals surface area (Å²) in [6.45, 7) is 2.12. The number of hydrogen-bond acceptors (Lipinski definition) is 5. The second kappa shape index (κ2) is 7.19. The smallest absolute Gasteiger partial charge is 0.228 e. The predicted octanol–water partition coefficient (Wildman–Crippen LogP) is 2.30. The van der Waals surface area contributed by atoms with Crippen LogP contribution in [-0.4, -0.2) is 58.9 Å². The highest BCUT2D eigenvalue weighted by Crippen LogP contribution is 2.23. The summed E-state index contributed by atoms with van der Waals surface area (Å²) in [4.78, 5) is 25.4. The fourth-order valence-corrected chi connectivity index (χ4v) is 3.71. The van der Waals surface area contributed by atoms with Gasteiger partial charge in [-0.1, -0.05) is 0 Å². The van der Waals surface area contributed by atoms with E-state index in [1.54, 1.807) is 23.7 Å². The van der Waals surface area contributed by atoms with E-state index < -0.39 is 0 Å². The van der Waals surface area contributed by atoms with Crippen LogP contribution in [0, 0.1) is 0 Å². The maximum absolute atomic E-state index is 12.5. The van der Waals surface area contributed by atoms with E-state index in [1.165, 1.54) is 0 Å². The van der Waals surface area contributed by atoms with Crippen molar-refractivity contribution in [3.05, 3.63) is 35.6 Å². The number of pyridine rings is 1. The molecule has 1 fully saturated rings. The van der Waals surface area contributed by atoms with E-state index in [1.807, 2.05) is 29.5 Å². The SMILES string of the molecule is CN1CCC(N(C)C(=O)Cc2csc(-c3ccncc3)n2)CC1. The van der Waals surface area contributed by atoms with Crippen molar-refractivity contribution in [1.29, 1.82) is 0 Å². The van der Waals surface area contributed by atoms with Gasteiger partial charge in [-0.15, -0.1) is 11.3 Å². The van der Waals surface area contributed by atoms with Crippen molar-refractivity contribution in [2.45, 2.75) is 25.3 Å². The second-order valence-corrected chi connectivity index (χ2v) is 6.95. The Labute approximate surface area is 141 Å². The molecule has 1 aliphatic heterocycles. The highest BCUT2D eigenvalue weighted by Gasteiger charge is 2.24. The number of thiazole rings is 1. The van der Waals surface area contributed by atoms with Crippen LogP contribution in [0.2, 0.25) is 0 Å². The number of carbonyl (C=O) groups excluding carboxylic acids is 1. The molecule has 0 saturated carbocycles. The van der Waals surface area contributed by atoms with E-state index in [4.69, 9.17) is 0 Å². The Hall–Kier alpha value is -1.79.